The van der Waals surface area contributed by atoms with E-state index in [-0.39, 0.29) is 0 Å². The SMILES string of the molecule is SCCCSCSCCCS.SCCSCSCCS. The van der Waals surface area contributed by atoms with E-state index in [0.29, 0.717) is 0 Å². The Bertz CT molecular complexity index is 133. The van der Waals surface area contributed by atoms with Crippen LogP contribution in [0.2, 0.25) is 0 Å². The monoisotopic (exact) mass is 428 g/mol. The van der Waals surface area contributed by atoms with Gasteiger partial charge >= 0.3 is 0 Å². The number of hydrogen-bond donors (Lipinski definition) is 4. The van der Waals surface area contributed by atoms with E-state index in [2.05, 4.69) is 50.5 Å². The van der Waals surface area contributed by atoms with Crippen molar-refractivity contribution < 1.29 is 0 Å². The number of thiol groups is 4. The van der Waals surface area contributed by atoms with Crippen molar-refractivity contribution in [2.24, 2.45) is 0 Å². The number of rotatable bonds is 14. The molecule has 0 atom stereocenters. The summed E-state index contributed by atoms with van der Waals surface area (Å²) in [5.74, 6) is 8.89. The molecule has 0 rings (SSSR count). The third kappa shape index (κ3) is 28.9. The van der Waals surface area contributed by atoms with Crippen LogP contribution in [0.1, 0.15) is 12.8 Å². The number of thioether (sulfide) groups is 4. The van der Waals surface area contributed by atoms with Gasteiger partial charge in [0.25, 0.3) is 0 Å². The molecule has 0 N–H and O–H groups in total. The molecule has 0 saturated carbocycles. The van der Waals surface area contributed by atoms with Gasteiger partial charge in [-0.15, -0.1) is 0 Å². The van der Waals surface area contributed by atoms with Crippen molar-refractivity contribution in [3.63, 3.8) is 0 Å². The fourth-order valence-corrected chi connectivity index (χ4v) is 6.12. The largest absolute Gasteiger partial charge is 0.179 e. The Hall–Kier alpha value is 2.80. The zero-order valence-electron chi connectivity index (χ0n) is 11.9. The van der Waals surface area contributed by atoms with Crippen LogP contribution in [0.5, 0.6) is 0 Å². The molecular weight excluding hydrogens is 401 g/mol. The van der Waals surface area contributed by atoms with Gasteiger partial charge in [0.15, 0.2) is 0 Å². The van der Waals surface area contributed by atoms with Crippen molar-refractivity contribution in [1.29, 1.82) is 0 Å². The predicted molar refractivity (Wildman–Crippen MR) is 124 cm³/mol. The maximum absolute atomic E-state index is 4.15. The molecule has 0 amide bonds. The highest BCUT2D eigenvalue weighted by Crippen LogP contribution is 2.14. The van der Waals surface area contributed by atoms with Crippen LogP contribution in [0.3, 0.4) is 0 Å². The molecule has 0 aromatic rings. The van der Waals surface area contributed by atoms with E-state index in [4.69, 9.17) is 0 Å². The molecule has 0 aliphatic carbocycles. The molecular formula is C12H28S8. The molecule has 0 fully saturated rings. The Labute approximate surface area is 165 Å². The molecule has 0 nitrogen and oxygen atoms in total. The van der Waals surface area contributed by atoms with Crippen LogP contribution in [-0.2, 0) is 0 Å². The Morgan fingerprint density at radius 3 is 1.10 bits per heavy atom. The molecule has 0 aliphatic rings. The van der Waals surface area contributed by atoms with Crippen LogP contribution in [0.15, 0.2) is 0 Å². The Balaban J connectivity index is 0. The average molecular weight is 429 g/mol. The molecule has 20 heavy (non-hydrogen) atoms. The van der Waals surface area contributed by atoms with Crippen molar-refractivity contribution >= 4 is 97.6 Å². The van der Waals surface area contributed by atoms with Crippen LogP contribution in [0.25, 0.3) is 0 Å². The lowest BCUT2D eigenvalue weighted by atomic mass is 10.6. The molecule has 8 heteroatoms. The minimum absolute atomic E-state index is 0.992. The fourth-order valence-electron chi connectivity index (χ4n) is 0.816. The smallest absolute Gasteiger partial charge is 0.0392 e. The molecule has 0 bridgehead atoms. The normalized spacial score (nSPS) is 10.2. The van der Waals surface area contributed by atoms with Gasteiger partial charge in [-0.05, 0) is 47.4 Å². The zero-order valence-corrected chi connectivity index (χ0v) is 18.8. The van der Waals surface area contributed by atoms with E-state index in [9.17, 15) is 0 Å². The summed E-state index contributed by atoms with van der Waals surface area (Å²) in [7, 11) is 0. The quantitative estimate of drug-likeness (QED) is 0.168. The van der Waals surface area contributed by atoms with Gasteiger partial charge < -0.3 is 0 Å². The van der Waals surface area contributed by atoms with Crippen molar-refractivity contribution in [2.75, 3.05) is 56.2 Å². The molecule has 0 saturated heterocycles. The first-order chi connectivity index (χ1) is 9.83. The lowest BCUT2D eigenvalue weighted by Crippen LogP contribution is -1.84. The average Bonchev–Trinajstić information content (AvgIpc) is 2.47. The highest BCUT2D eigenvalue weighted by atomic mass is 32.2. The maximum atomic E-state index is 4.15. The molecule has 0 heterocycles. The zero-order chi connectivity index (χ0) is 15.3. The number of hydrogen-bond acceptors (Lipinski definition) is 8. The second-order valence-corrected chi connectivity index (χ2v) is 10.4. The summed E-state index contributed by atoms with van der Waals surface area (Å²) in [5, 5.41) is 2.43. The minimum atomic E-state index is 0.992. The standard InChI is InChI=1S/C7H16S4.C5H12S4/c8-3-1-5-10-7-11-6-2-4-9;6-1-3-8-5-9-4-2-7/h8-9H,1-7H2;6-7H,1-5H2. The highest BCUT2D eigenvalue weighted by molar-refractivity contribution is 8.16. The van der Waals surface area contributed by atoms with Crippen LogP contribution in [0.4, 0.5) is 0 Å². The lowest BCUT2D eigenvalue weighted by Gasteiger charge is -1.99. The molecule has 0 spiro atoms. The third-order valence-corrected chi connectivity index (χ3v) is 8.19. The van der Waals surface area contributed by atoms with E-state index < -0.39 is 0 Å². The lowest BCUT2D eigenvalue weighted by molar-refractivity contribution is 1.13. The van der Waals surface area contributed by atoms with E-state index >= 15 is 0 Å². The van der Waals surface area contributed by atoms with E-state index in [0.717, 1.165) is 23.0 Å². The van der Waals surface area contributed by atoms with Crippen molar-refractivity contribution in [3.8, 4) is 0 Å². The van der Waals surface area contributed by atoms with Gasteiger partial charge in [-0.1, -0.05) is 0 Å². The molecule has 0 aromatic carbocycles. The van der Waals surface area contributed by atoms with Gasteiger partial charge in [0, 0.05) is 21.7 Å². The third-order valence-electron chi connectivity index (χ3n) is 1.70. The topological polar surface area (TPSA) is 0 Å². The second kappa shape index (κ2) is 26.7. The van der Waals surface area contributed by atoms with Gasteiger partial charge in [-0.3, -0.25) is 0 Å². The van der Waals surface area contributed by atoms with Crippen LogP contribution in [0, 0.1) is 0 Å². The molecule has 0 radical (unpaired) electrons. The van der Waals surface area contributed by atoms with Crippen LogP contribution in [-0.4, -0.2) is 56.2 Å². The van der Waals surface area contributed by atoms with Crippen molar-refractivity contribution in [1.82, 2.24) is 0 Å². The Morgan fingerprint density at radius 2 is 0.800 bits per heavy atom. The van der Waals surface area contributed by atoms with Crippen LogP contribution >= 0.6 is 97.6 Å². The molecule has 0 aromatic heterocycles. The van der Waals surface area contributed by atoms with Crippen molar-refractivity contribution in [3.05, 3.63) is 0 Å². The van der Waals surface area contributed by atoms with Gasteiger partial charge in [-0.2, -0.15) is 97.6 Å². The summed E-state index contributed by atoms with van der Waals surface area (Å²) in [4.78, 5) is 0. The predicted octanol–water partition coefficient (Wildman–Crippen LogP) is 5.32. The summed E-state index contributed by atoms with van der Waals surface area (Å²) in [5.41, 5.74) is 0. The van der Waals surface area contributed by atoms with Gasteiger partial charge in [0.05, 0.1) is 0 Å². The first kappa shape index (κ1) is 25.0. The van der Waals surface area contributed by atoms with Crippen molar-refractivity contribution in [2.45, 2.75) is 12.8 Å². The second-order valence-electron chi connectivity index (χ2n) is 3.47. The highest BCUT2D eigenvalue weighted by Gasteiger charge is 1.89. The summed E-state index contributed by atoms with van der Waals surface area (Å²) >= 11 is 24.4. The van der Waals surface area contributed by atoms with Gasteiger partial charge in [0.1, 0.15) is 0 Å². The summed E-state index contributed by atoms with van der Waals surface area (Å²) in [6.07, 6.45) is 2.47. The molecule has 124 valence electrons. The first-order valence-electron chi connectivity index (χ1n) is 6.57. The summed E-state index contributed by atoms with van der Waals surface area (Å²) < 4.78 is 0. The Kier molecular flexibility index (Phi) is 33.4. The van der Waals surface area contributed by atoms with E-state index in [1.165, 1.54) is 46.0 Å². The van der Waals surface area contributed by atoms with Gasteiger partial charge in [-0.25, -0.2) is 0 Å². The molecule has 0 unspecified atom stereocenters. The van der Waals surface area contributed by atoms with Crippen LogP contribution < -0.4 is 0 Å². The summed E-state index contributed by atoms with van der Waals surface area (Å²) in [6.45, 7) is 0. The Morgan fingerprint density at radius 1 is 0.450 bits per heavy atom. The maximum Gasteiger partial charge on any atom is 0.0392 e. The minimum Gasteiger partial charge on any atom is -0.179 e. The van der Waals surface area contributed by atoms with E-state index in [1.807, 2.05) is 47.0 Å². The van der Waals surface area contributed by atoms with Gasteiger partial charge in [0.2, 0.25) is 0 Å². The first-order valence-corrected chi connectivity index (χ1v) is 13.7. The van der Waals surface area contributed by atoms with E-state index in [1.54, 1.807) is 0 Å². The fraction of sp³-hybridized carbons (Fsp3) is 1.00. The molecule has 0 aliphatic heterocycles. The summed E-state index contributed by atoms with van der Waals surface area (Å²) in [6, 6.07) is 0.